The van der Waals surface area contributed by atoms with E-state index in [1.165, 1.54) is 110 Å². The summed E-state index contributed by atoms with van der Waals surface area (Å²) >= 11 is 0. The van der Waals surface area contributed by atoms with Gasteiger partial charge in [0.25, 0.3) is 0 Å². The molecule has 0 N–H and O–H groups in total. The van der Waals surface area contributed by atoms with Gasteiger partial charge in [-0.3, -0.25) is 0 Å². The molecule has 0 unspecified atom stereocenters. The zero-order valence-electron chi connectivity index (χ0n) is 29.4. The Bertz CT molecular complexity index is 3420. The van der Waals surface area contributed by atoms with Crippen molar-refractivity contribution in [2.75, 3.05) is 0 Å². The SMILES string of the molecule is c1ccc(-n2c3ccccc3c3cc(-c4cc5cccc6c(-c7ccc8c9ccccc9n(-c9ccccc9)c8c7)cc7cccc4c7c56)ccc32)cc1. The van der Waals surface area contributed by atoms with Crippen LogP contribution in [0.3, 0.4) is 0 Å². The average molecular weight is 685 g/mol. The number of hydrogen-bond acceptors (Lipinski definition) is 0. The maximum atomic E-state index is 2.42. The highest BCUT2D eigenvalue weighted by molar-refractivity contribution is 6.29. The van der Waals surface area contributed by atoms with E-state index in [1.807, 2.05) is 0 Å². The van der Waals surface area contributed by atoms with Crippen LogP contribution in [0.1, 0.15) is 0 Å². The Morgan fingerprint density at radius 3 is 1.31 bits per heavy atom. The lowest BCUT2D eigenvalue weighted by atomic mass is 9.85. The van der Waals surface area contributed by atoms with E-state index in [0.717, 1.165) is 0 Å². The first-order valence-electron chi connectivity index (χ1n) is 18.7. The van der Waals surface area contributed by atoms with Crippen LogP contribution in [0.25, 0.3) is 110 Å². The first-order chi connectivity index (χ1) is 26.8. The summed E-state index contributed by atoms with van der Waals surface area (Å²) in [7, 11) is 0. The van der Waals surface area contributed by atoms with E-state index in [9.17, 15) is 0 Å². The Morgan fingerprint density at radius 1 is 0.259 bits per heavy atom. The molecule has 0 aliphatic heterocycles. The minimum absolute atomic E-state index is 1.17. The monoisotopic (exact) mass is 684 g/mol. The molecule has 2 aromatic heterocycles. The number of rotatable bonds is 4. The van der Waals surface area contributed by atoms with Crippen LogP contribution < -0.4 is 0 Å². The fourth-order valence-corrected chi connectivity index (χ4v) is 9.32. The van der Waals surface area contributed by atoms with Crippen LogP contribution in [-0.4, -0.2) is 9.13 Å². The molecule has 0 amide bonds. The van der Waals surface area contributed by atoms with Gasteiger partial charge < -0.3 is 9.13 Å². The molecular weight excluding hydrogens is 653 g/mol. The molecule has 2 heteroatoms. The molecule has 0 radical (unpaired) electrons. The third-order valence-electron chi connectivity index (χ3n) is 11.6. The van der Waals surface area contributed by atoms with E-state index in [4.69, 9.17) is 0 Å². The molecule has 2 heterocycles. The molecule has 0 atom stereocenters. The van der Waals surface area contributed by atoms with Gasteiger partial charge in [-0.1, -0.05) is 127 Å². The van der Waals surface area contributed by atoms with E-state index in [2.05, 4.69) is 203 Å². The first-order valence-corrected chi connectivity index (χ1v) is 18.7. The molecule has 54 heavy (non-hydrogen) atoms. The van der Waals surface area contributed by atoms with Crippen molar-refractivity contribution in [3.63, 3.8) is 0 Å². The second-order valence-electron chi connectivity index (χ2n) is 14.5. The number of benzene rings is 10. The highest BCUT2D eigenvalue weighted by atomic mass is 15.0. The van der Waals surface area contributed by atoms with Gasteiger partial charge in [0, 0.05) is 32.9 Å². The van der Waals surface area contributed by atoms with Crippen molar-refractivity contribution in [1.82, 2.24) is 9.13 Å². The Balaban J connectivity index is 1.09. The van der Waals surface area contributed by atoms with Crippen molar-refractivity contribution >= 4 is 75.9 Å². The average Bonchev–Trinajstić information content (AvgIpc) is 3.75. The molecule has 0 bridgehead atoms. The van der Waals surface area contributed by atoms with Gasteiger partial charge in [0.05, 0.1) is 22.1 Å². The summed E-state index contributed by atoms with van der Waals surface area (Å²) < 4.78 is 4.80. The summed E-state index contributed by atoms with van der Waals surface area (Å²) in [4.78, 5) is 0. The molecule has 10 aromatic carbocycles. The molecule has 0 saturated heterocycles. The fourth-order valence-electron chi connectivity index (χ4n) is 9.32. The van der Waals surface area contributed by atoms with Gasteiger partial charge in [-0.05, 0) is 121 Å². The Labute approximate surface area is 311 Å². The Hall–Kier alpha value is -7.16. The number of fused-ring (bicyclic) bond motifs is 6. The van der Waals surface area contributed by atoms with Crippen molar-refractivity contribution in [2.45, 2.75) is 0 Å². The molecule has 2 nitrogen and oxygen atoms in total. The van der Waals surface area contributed by atoms with E-state index in [0.29, 0.717) is 0 Å². The van der Waals surface area contributed by atoms with Gasteiger partial charge in [0.1, 0.15) is 0 Å². The third kappa shape index (κ3) is 4.11. The molecule has 0 saturated carbocycles. The molecule has 0 spiro atoms. The smallest absolute Gasteiger partial charge is 0.0547 e. The van der Waals surface area contributed by atoms with Crippen LogP contribution in [0.2, 0.25) is 0 Å². The normalized spacial score (nSPS) is 12.1. The second kappa shape index (κ2) is 11.2. The number of nitrogens with zero attached hydrogens (tertiary/aromatic N) is 2. The van der Waals surface area contributed by atoms with Crippen molar-refractivity contribution in [2.24, 2.45) is 0 Å². The van der Waals surface area contributed by atoms with Crippen molar-refractivity contribution < 1.29 is 0 Å². The lowest BCUT2D eigenvalue weighted by Crippen LogP contribution is -1.94. The highest BCUT2D eigenvalue weighted by Crippen LogP contribution is 2.46. The fraction of sp³-hybridized carbons (Fsp3) is 0. The van der Waals surface area contributed by atoms with Gasteiger partial charge in [-0.15, -0.1) is 0 Å². The maximum absolute atomic E-state index is 2.42. The first kappa shape index (κ1) is 29.4. The number of hydrogen-bond donors (Lipinski definition) is 0. The van der Waals surface area contributed by atoms with E-state index in [1.54, 1.807) is 0 Å². The third-order valence-corrected chi connectivity index (χ3v) is 11.6. The second-order valence-corrected chi connectivity index (χ2v) is 14.5. The van der Waals surface area contributed by atoms with E-state index >= 15 is 0 Å². The van der Waals surface area contributed by atoms with Gasteiger partial charge in [-0.2, -0.15) is 0 Å². The van der Waals surface area contributed by atoms with Crippen LogP contribution in [0.15, 0.2) is 194 Å². The summed E-state index contributed by atoms with van der Waals surface area (Å²) in [6.07, 6.45) is 0. The van der Waals surface area contributed by atoms with Gasteiger partial charge >= 0.3 is 0 Å². The lowest BCUT2D eigenvalue weighted by Gasteiger charge is -2.18. The quantitative estimate of drug-likeness (QED) is 0.163. The Kier molecular flexibility index (Phi) is 6.09. The summed E-state index contributed by atoms with van der Waals surface area (Å²) in [6, 6.07) is 71.5. The lowest BCUT2D eigenvalue weighted by molar-refractivity contribution is 1.18. The van der Waals surface area contributed by atoms with Crippen LogP contribution in [0.5, 0.6) is 0 Å². The Morgan fingerprint density at radius 2 is 0.704 bits per heavy atom. The number of para-hydroxylation sites is 4. The van der Waals surface area contributed by atoms with Gasteiger partial charge in [-0.25, -0.2) is 0 Å². The van der Waals surface area contributed by atoms with Crippen molar-refractivity contribution in [3.8, 4) is 33.6 Å². The van der Waals surface area contributed by atoms with Gasteiger partial charge in [0.2, 0.25) is 0 Å². The van der Waals surface area contributed by atoms with Crippen molar-refractivity contribution in [1.29, 1.82) is 0 Å². The predicted molar refractivity (Wildman–Crippen MR) is 230 cm³/mol. The van der Waals surface area contributed by atoms with Crippen LogP contribution >= 0.6 is 0 Å². The largest absolute Gasteiger partial charge is 0.309 e. The molecule has 12 rings (SSSR count). The predicted octanol–water partition coefficient (Wildman–Crippen LogP) is 14.1. The van der Waals surface area contributed by atoms with Gasteiger partial charge in [0.15, 0.2) is 0 Å². The van der Waals surface area contributed by atoms with Crippen LogP contribution in [0.4, 0.5) is 0 Å². The van der Waals surface area contributed by atoms with E-state index in [-0.39, 0.29) is 0 Å². The standard InChI is InChI=1S/C52H32N2/c1-3-15-37(16-4-1)53-48-24-10-8-20-40(48)46-29-33(26-28-49(46)53)44-30-35-13-12-22-43-45(31-36-14-11-21-42(44)51(36)52(35)43)34-25-27-41-39-19-7-9-23-47(39)54(50(41)32-34)38-17-5-2-6-18-38/h1-32H. The zero-order valence-corrected chi connectivity index (χ0v) is 29.4. The summed E-state index contributed by atoms with van der Waals surface area (Å²) in [5.41, 5.74) is 12.2. The molecule has 0 aliphatic carbocycles. The summed E-state index contributed by atoms with van der Waals surface area (Å²) in [5, 5.41) is 12.8. The molecule has 0 aliphatic rings. The van der Waals surface area contributed by atoms with Crippen LogP contribution in [-0.2, 0) is 0 Å². The number of aromatic nitrogens is 2. The van der Waals surface area contributed by atoms with Crippen LogP contribution in [0, 0.1) is 0 Å². The summed E-state index contributed by atoms with van der Waals surface area (Å²) in [6.45, 7) is 0. The minimum atomic E-state index is 1.17. The highest BCUT2D eigenvalue weighted by Gasteiger charge is 2.20. The minimum Gasteiger partial charge on any atom is -0.309 e. The van der Waals surface area contributed by atoms with Crippen molar-refractivity contribution in [3.05, 3.63) is 194 Å². The zero-order chi connectivity index (χ0) is 35.3. The molecule has 250 valence electrons. The maximum Gasteiger partial charge on any atom is 0.0547 e. The topological polar surface area (TPSA) is 9.86 Å². The molecule has 0 fully saturated rings. The van der Waals surface area contributed by atoms with E-state index < -0.39 is 0 Å². The molecule has 12 aromatic rings. The molecular formula is C52H32N2. The summed E-state index contributed by atoms with van der Waals surface area (Å²) in [5.74, 6) is 0.